The molecule has 8 heteroatoms. The van der Waals surface area contributed by atoms with Gasteiger partial charge in [0.05, 0.1) is 25.1 Å². The Labute approximate surface area is 218 Å². The smallest absolute Gasteiger partial charge is 0.306 e. The standard InChI is InChI=1S/C29H36N2O6/c1-21-18-30-29(35)24(10-6-3-7-11-28(34)37-21)17-27(33)31-25(19-32)16-22-12-14-26(15-13-22)36-20-23-8-4-2-5-9-23/h2-6,8-9,12-15,21,24-25,32H,7,10-11,16-20H2,1H3,(H,30,35)(H,31,33)/t21-,24+,25-/m0/s1. The van der Waals surface area contributed by atoms with Crippen LogP contribution in [-0.4, -0.2) is 48.2 Å². The maximum atomic E-state index is 12.8. The molecule has 0 saturated heterocycles. The molecule has 0 unspecified atom stereocenters. The van der Waals surface area contributed by atoms with Gasteiger partial charge >= 0.3 is 5.97 Å². The van der Waals surface area contributed by atoms with Crippen LogP contribution < -0.4 is 15.4 Å². The molecular weight excluding hydrogens is 472 g/mol. The summed E-state index contributed by atoms with van der Waals surface area (Å²) in [6.07, 6.45) is 4.83. The Morgan fingerprint density at radius 3 is 2.59 bits per heavy atom. The van der Waals surface area contributed by atoms with Gasteiger partial charge in [-0.05, 0) is 49.4 Å². The van der Waals surface area contributed by atoms with Crippen molar-refractivity contribution < 1.29 is 29.0 Å². The van der Waals surface area contributed by atoms with Gasteiger partial charge in [0.1, 0.15) is 18.5 Å². The van der Waals surface area contributed by atoms with Crippen molar-refractivity contribution in [2.24, 2.45) is 5.92 Å². The molecule has 3 N–H and O–H groups in total. The number of aliphatic hydroxyl groups excluding tert-OH is 1. The number of nitrogens with one attached hydrogen (secondary N) is 2. The number of cyclic esters (lactones) is 1. The number of carbonyl (C=O) groups is 3. The molecule has 2 amide bonds. The third kappa shape index (κ3) is 10.1. The van der Waals surface area contributed by atoms with Gasteiger partial charge in [-0.15, -0.1) is 0 Å². The van der Waals surface area contributed by atoms with Crippen LogP contribution in [0.3, 0.4) is 0 Å². The number of aliphatic hydroxyl groups is 1. The number of benzene rings is 2. The van der Waals surface area contributed by atoms with Crippen LogP contribution in [0, 0.1) is 5.92 Å². The molecule has 2 aromatic carbocycles. The second kappa shape index (κ2) is 14.8. The molecule has 3 atom stereocenters. The Morgan fingerprint density at radius 2 is 1.86 bits per heavy atom. The second-order valence-corrected chi connectivity index (χ2v) is 9.26. The molecule has 37 heavy (non-hydrogen) atoms. The van der Waals surface area contributed by atoms with Crippen LogP contribution in [0.2, 0.25) is 0 Å². The minimum Gasteiger partial charge on any atom is -0.489 e. The Morgan fingerprint density at radius 1 is 1.11 bits per heavy atom. The van der Waals surface area contributed by atoms with Crippen molar-refractivity contribution in [2.45, 2.75) is 57.8 Å². The summed E-state index contributed by atoms with van der Waals surface area (Å²) in [5.74, 6) is -0.689. The number of amides is 2. The monoisotopic (exact) mass is 508 g/mol. The molecule has 0 spiro atoms. The van der Waals surface area contributed by atoms with Crippen molar-refractivity contribution in [1.29, 1.82) is 0 Å². The van der Waals surface area contributed by atoms with E-state index in [4.69, 9.17) is 9.47 Å². The van der Waals surface area contributed by atoms with Crippen LogP contribution in [0.1, 0.15) is 43.7 Å². The summed E-state index contributed by atoms with van der Waals surface area (Å²) >= 11 is 0. The summed E-state index contributed by atoms with van der Waals surface area (Å²) in [5, 5.41) is 15.5. The first-order valence-corrected chi connectivity index (χ1v) is 12.7. The SMILES string of the molecule is C[C@H]1CNC(=O)[C@@H](CC(=O)N[C@H](CO)Cc2ccc(OCc3ccccc3)cc2)CC=CCCC(=O)O1. The molecule has 0 aromatic heterocycles. The average Bonchev–Trinajstić information content (AvgIpc) is 2.90. The van der Waals surface area contributed by atoms with Gasteiger partial charge in [0.25, 0.3) is 0 Å². The van der Waals surface area contributed by atoms with Gasteiger partial charge in [0.15, 0.2) is 0 Å². The summed E-state index contributed by atoms with van der Waals surface area (Å²) in [6.45, 7) is 2.16. The third-order valence-corrected chi connectivity index (χ3v) is 6.04. The normalized spacial score (nSPS) is 19.5. The lowest BCUT2D eigenvalue weighted by molar-refractivity contribution is -0.148. The Bertz CT molecular complexity index is 1040. The lowest BCUT2D eigenvalue weighted by Gasteiger charge is -2.21. The molecule has 2 aromatic rings. The molecule has 0 bridgehead atoms. The number of ether oxygens (including phenoxy) is 2. The first-order valence-electron chi connectivity index (χ1n) is 12.7. The number of hydrogen-bond acceptors (Lipinski definition) is 6. The van der Waals surface area contributed by atoms with Crippen molar-refractivity contribution in [1.82, 2.24) is 10.6 Å². The van der Waals surface area contributed by atoms with Crippen LogP contribution in [0.15, 0.2) is 66.7 Å². The van der Waals surface area contributed by atoms with E-state index in [-0.39, 0.29) is 43.8 Å². The van der Waals surface area contributed by atoms with E-state index >= 15 is 0 Å². The molecule has 1 heterocycles. The van der Waals surface area contributed by atoms with E-state index in [1.54, 1.807) is 6.92 Å². The highest BCUT2D eigenvalue weighted by Gasteiger charge is 2.23. The number of rotatable bonds is 9. The third-order valence-electron chi connectivity index (χ3n) is 6.04. The maximum absolute atomic E-state index is 12.8. The van der Waals surface area contributed by atoms with E-state index in [0.717, 1.165) is 16.9 Å². The molecule has 0 aliphatic carbocycles. The topological polar surface area (TPSA) is 114 Å². The lowest BCUT2D eigenvalue weighted by Crippen LogP contribution is -2.42. The van der Waals surface area contributed by atoms with E-state index in [1.165, 1.54) is 0 Å². The maximum Gasteiger partial charge on any atom is 0.306 e. The predicted molar refractivity (Wildman–Crippen MR) is 140 cm³/mol. The fraction of sp³-hybridized carbons (Fsp3) is 0.414. The Balaban J connectivity index is 1.51. The first kappa shape index (κ1) is 27.9. The van der Waals surface area contributed by atoms with Gasteiger partial charge in [-0.2, -0.15) is 0 Å². The summed E-state index contributed by atoms with van der Waals surface area (Å²) in [7, 11) is 0. The largest absolute Gasteiger partial charge is 0.489 e. The minimum atomic E-state index is -0.557. The zero-order valence-electron chi connectivity index (χ0n) is 21.2. The fourth-order valence-electron chi connectivity index (χ4n) is 4.00. The van der Waals surface area contributed by atoms with Gasteiger partial charge in [0, 0.05) is 12.8 Å². The quantitative estimate of drug-likeness (QED) is 0.354. The number of carbonyl (C=O) groups excluding carboxylic acids is 3. The summed E-state index contributed by atoms with van der Waals surface area (Å²) in [4.78, 5) is 37.2. The molecule has 8 nitrogen and oxygen atoms in total. The molecule has 0 fully saturated rings. The molecule has 1 aliphatic heterocycles. The van der Waals surface area contributed by atoms with Gasteiger partial charge in [0.2, 0.25) is 11.8 Å². The molecule has 3 rings (SSSR count). The van der Waals surface area contributed by atoms with E-state index in [1.807, 2.05) is 66.7 Å². The van der Waals surface area contributed by atoms with Crippen molar-refractivity contribution in [2.75, 3.05) is 13.2 Å². The van der Waals surface area contributed by atoms with Crippen LogP contribution >= 0.6 is 0 Å². The minimum absolute atomic E-state index is 0.00684. The van der Waals surface area contributed by atoms with Crippen LogP contribution in [0.25, 0.3) is 0 Å². The molecule has 0 radical (unpaired) electrons. The summed E-state index contributed by atoms with van der Waals surface area (Å²) in [6, 6.07) is 17.0. The van der Waals surface area contributed by atoms with Crippen LogP contribution in [0.5, 0.6) is 5.75 Å². The van der Waals surface area contributed by atoms with Gasteiger partial charge < -0.3 is 25.2 Å². The van der Waals surface area contributed by atoms with Crippen molar-refractivity contribution in [3.8, 4) is 5.75 Å². The van der Waals surface area contributed by atoms with Crippen molar-refractivity contribution >= 4 is 17.8 Å². The zero-order chi connectivity index (χ0) is 26.5. The second-order valence-electron chi connectivity index (χ2n) is 9.26. The molecule has 0 saturated carbocycles. The summed E-state index contributed by atoms with van der Waals surface area (Å²) < 4.78 is 11.1. The highest BCUT2D eigenvalue weighted by Crippen LogP contribution is 2.16. The van der Waals surface area contributed by atoms with E-state index in [2.05, 4.69) is 10.6 Å². The first-order chi connectivity index (χ1) is 17.9. The van der Waals surface area contributed by atoms with Crippen LogP contribution in [-0.2, 0) is 32.1 Å². The fourth-order valence-corrected chi connectivity index (χ4v) is 4.00. The Hall–Kier alpha value is -3.65. The van der Waals surface area contributed by atoms with Crippen molar-refractivity contribution in [3.05, 3.63) is 77.9 Å². The predicted octanol–water partition coefficient (Wildman–Crippen LogP) is 3.08. The van der Waals surface area contributed by atoms with E-state index < -0.39 is 18.1 Å². The average molecular weight is 509 g/mol. The highest BCUT2D eigenvalue weighted by atomic mass is 16.5. The van der Waals surface area contributed by atoms with E-state index in [9.17, 15) is 19.5 Å². The highest BCUT2D eigenvalue weighted by molar-refractivity contribution is 5.86. The molecule has 198 valence electrons. The van der Waals surface area contributed by atoms with Crippen molar-refractivity contribution in [3.63, 3.8) is 0 Å². The van der Waals surface area contributed by atoms with Gasteiger partial charge in [-0.3, -0.25) is 14.4 Å². The zero-order valence-corrected chi connectivity index (χ0v) is 21.2. The number of allylic oxidation sites excluding steroid dienone is 2. The number of esters is 1. The molecular formula is C29H36N2O6. The molecule has 1 aliphatic rings. The van der Waals surface area contributed by atoms with Gasteiger partial charge in [-0.25, -0.2) is 0 Å². The van der Waals surface area contributed by atoms with Gasteiger partial charge in [-0.1, -0.05) is 54.6 Å². The lowest BCUT2D eigenvalue weighted by atomic mass is 9.98. The van der Waals surface area contributed by atoms with E-state index in [0.29, 0.717) is 25.9 Å². The number of hydrogen-bond donors (Lipinski definition) is 3. The summed E-state index contributed by atoms with van der Waals surface area (Å²) in [5.41, 5.74) is 2.03. The van der Waals surface area contributed by atoms with Crippen LogP contribution in [0.4, 0.5) is 0 Å². The Kier molecular flexibility index (Phi) is 11.2.